The highest BCUT2D eigenvalue weighted by molar-refractivity contribution is 8.00. The van der Waals surface area contributed by atoms with Crippen molar-refractivity contribution in [2.75, 3.05) is 6.54 Å². The Bertz CT molecular complexity index is 158. The van der Waals surface area contributed by atoms with E-state index in [0.29, 0.717) is 0 Å². The van der Waals surface area contributed by atoms with Crippen LogP contribution in [-0.4, -0.2) is 23.1 Å². The van der Waals surface area contributed by atoms with Crippen LogP contribution >= 0.6 is 11.8 Å². The van der Waals surface area contributed by atoms with Gasteiger partial charge in [-0.25, -0.2) is 0 Å². The summed E-state index contributed by atoms with van der Waals surface area (Å²) in [6.07, 6.45) is 4.04. The molecule has 1 aliphatic carbocycles. The van der Waals surface area contributed by atoms with E-state index in [4.69, 9.17) is 0 Å². The standard InChI is InChI=1S/C12H25NS/c1-5-8-13-11-6-7-12(10(11)4)14-9(2)3/h9-13H,5-8H2,1-4H3. The summed E-state index contributed by atoms with van der Waals surface area (Å²) in [5.41, 5.74) is 0. The molecule has 1 N–H and O–H groups in total. The van der Waals surface area contributed by atoms with Gasteiger partial charge in [-0.05, 0) is 37.0 Å². The zero-order valence-corrected chi connectivity index (χ0v) is 10.9. The third-order valence-corrected chi connectivity index (χ3v) is 4.65. The smallest absolute Gasteiger partial charge is 0.0104 e. The van der Waals surface area contributed by atoms with Crippen molar-refractivity contribution in [1.29, 1.82) is 0 Å². The molecule has 0 aliphatic heterocycles. The zero-order valence-electron chi connectivity index (χ0n) is 10.0. The molecule has 1 aliphatic rings. The maximum atomic E-state index is 3.67. The van der Waals surface area contributed by atoms with E-state index in [1.165, 1.54) is 25.8 Å². The monoisotopic (exact) mass is 215 g/mol. The van der Waals surface area contributed by atoms with Gasteiger partial charge in [-0.15, -0.1) is 0 Å². The predicted molar refractivity (Wildman–Crippen MR) is 67.0 cm³/mol. The molecule has 1 saturated carbocycles. The van der Waals surface area contributed by atoms with Crippen LogP contribution in [-0.2, 0) is 0 Å². The van der Waals surface area contributed by atoms with E-state index in [-0.39, 0.29) is 0 Å². The Labute approximate surface area is 93.4 Å². The molecule has 0 bridgehead atoms. The SMILES string of the molecule is CCCNC1CCC(SC(C)C)C1C. The van der Waals surface area contributed by atoms with Crippen LogP contribution in [0.4, 0.5) is 0 Å². The van der Waals surface area contributed by atoms with Crippen molar-refractivity contribution in [3.63, 3.8) is 0 Å². The van der Waals surface area contributed by atoms with E-state index in [1.807, 2.05) is 0 Å². The largest absolute Gasteiger partial charge is 0.314 e. The van der Waals surface area contributed by atoms with Gasteiger partial charge in [-0.3, -0.25) is 0 Å². The second-order valence-electron chi connectivity index (χ2n) is 4.72. The van der Waals surface area contributed by atoms with E-state index < -0.39 is 0 Å². The summed E-state index contributed by atoms with van der Waals surface area (Å²) in [5.74, 6) is 0.856. The van der Waals surface area contributed by atoms with Gasteiger partial charge in [-0.2, -0.15) is 11.8 Å². The molecule has 0 amide bonds. The molecule has 3 unspecified atom stereocenters. The highest BCUT2D eigenvalue weighted by atomic mass is 32.2. The molecule has 14 heavy (non-hydrogen) atoms. The summed E-state index contributed by atoms with van der Waals surface area (Å²) < 4.78 is 0. The Morgan fingerprint density at radius 2 is 2.07 bits per heavy atom. The Hall–Kier alpha value is 0.310. The quantitative estimate of drug-likeness (QED) is 0.755. The maximum Gasteiger partial charge on any atom is 0.0104 e. The molecule has 1 rings (SSSR count). The van der Waals surface area contributed by atoms with Crippen LogP contribution < -0.4 is 5.32 Å². The average molecular weight is 215 g/mol. The number of thioether (sulfide) groups is 1. The van der Waals surface area contributed by atoms with Gasteiger partial charge in [0, 0.05) is 11.3 Å². The lowest BCUT2D eigenvalue weighted by Gasteiger charge is -2.22. The first-order valence-electron chi connectivity index (χ1n) is 6.04. The molecule has 1 nitrogen and oxygen atoms in total. The summed E-state index contributed by atoms with van der Waals surface area (Å²) in [4.78, 5) is 0. The molecule has 0 radical (unpaired) electrons. The van der Waals surface area contributed by atoms with Crippen LogP contribution in [0.2, 0.25) is 0 Å². The molecule has 0 aromatic rings. The van der Waals surface area contributed by atoms with Crippen LogP contribution in [0.3, 0.4) is 0 Å². The second-order valence-corrected chi connectivity index (χ2v) is 6.54. The van der Waals surface area contributed by atoms with Crippen molar-refractivity contribution in [3.8, 4) is 0 Å². The van der Waals surface area contributed by atoms with E-state index in [2.05, 4.69) is 44.8 Å². The molecule has 0 heterocycles. The lowest BCUT2D eigenvalue weighted by atomic mass is 10.1. The van der Waals surface area contributed by atoms with Gasteiger partial charge in [-0.1, -0.05) is 27.7 Å². The molecular weight excluding hydrogens is 190 g/mol. The van der Waals surface area contributed by atoms with Crippen molar-refractivity contribution < 1.29 is 0 Å². The Kier molecular flexibility index (Phi) is 5.32. The lowest BCUT2D eigenvalue weighted by Crippen LogP contribution is -2.34. The highest BCUT2D eigenvalue weighted by Gasteiger charge is 2.32. The molecule has 84 valence electrons. The van der Waals surface area contributed by atoms with Crippen LogP contribution in [0, 0.1) is 5.92 Å². The van der Waals surface area contributed by atoms with Crippen LogP contribution in [0.1, 0.15) is 47.0 Å². The average Bonchev–Trinajstić information content (AvgIpc) is 2.45. The normalized spacial score (nSPS) is 32.8. The molecule has 0 aromatic carbocycles. The number of rotatable bonds is 5. The molecule has 2 heteroatoms. The lowest BCUT2D eigenvalue weighted by molar-refractivity contribution is 0.431. The van der Waals surface area contributed by atoms with Crippen molar-refractivity contribution in [3.05, 3.63) is 0 Å². The molecule has 0 saturated heterocycles. The minimum absolute atomic E-state index is 0.784. The number of nitrogens with one attached hydrogen (secondary N) is 1. The Morgan fingerprint density at radius 3 is 2.64 bits per heavy atom. The summed E-state index contributed by atoms with van der Waals surface area (Å²) in [6, 6.07) is 0.784. The highest BCUT2D eigenvalue weighted by Crippen LogP contribution is 2.36. The van der Waals surface area contributed by atoms with Gasteiger partial charge >= 0.3 is 0 Å². The fourth-order valence-electron chi connectivity index (χ4n) is 2.29. The third kappa shape index (κ3) is 3.47. The summed E-state index contributed by atoms with van der Waals surface area (Å²) >= 11 is 2.17. The molecule has 3 atom stereocenters. The summed E-state index contributed by atoms with van der Waals surface area (Å²) in [6.45, 7) is 10.5. The van der Waals surface area contributed by atoms with E-state index in [1.54, 1.807) is 0 Å². The summed E-state index contributed by atoms with van der Waals surface area (Å²) in [5, 5.41) is 5.35. The first-order valence-corrected chi connectivity index (χ1v) is 6.98. The molecule has 0 spiro atoms. The van der Waals surface area contributed by atoms with Gasteiger partial charge in [0.15, 0.2) is 0 Å². The topological polar surface area (TPSA) is 12.0 Å². The van der Waals surface area contributed by atoms with Gasteiger partial charge in [0.05, 0.1) is 0 Å². The van der Waals surface area contributed by atoms with Crippen LogP contribution in [0.25, 0.3) is 0 Å². The van der Waals surface area contributed by atoms with Crippen LogP contribution in [0.5, 0.6) is 0 Å². The zero-order chi connectivity index (χ0) is 10.6. The number of hydrogen-bond donors (Lipinski definition) is 1. The Balaban J connectivity index is 2.31. The minimum atomic E-state index is 0.784. The van der Waals surface area contributed by atoms with Crippen molar-refractivity contribution in [2.45, 2.75) is 63.5 Å². The fraction of sp³-hybridized carbons (Fsp3) is 1.00. The van der Waals surface area contributed by atoms with Crippen molar-refractivity contribution >= 4 is 11.8 Å². The number of hydrogen-bond acceptors (Lipinski definition) is 2. The molecule has 1 fully saturated rings. The van der Waals surface area contributed by atoms with Crippen molar-refractivity contribution in [1.82, 2.24) is 5.32 Å². The third-order valence-electron chi connectivity index (χ3n) is 3.09. The Morgan fingerprint density at radius 1 is 1.36 bits per heavy atom. The van der Waals surface area contributed by atoms with E-state index in [9.17, 15) is 0 Å². The maximum absolute atomic E-state index is 3.67. The van der Waals surface area contributed by atoms with Gasteiger partial charge in [0.25, 0.3) is 0 Å². The predicted octanol–water partition coefficient (Wildman–Crippen LogP) is 3.29. The second kappa shape index (κ2) is 6.02. The molecule has 0 aromatic heterocycles. The van der Waals surface area contributed by atoms with E-state index in [0.717, 1.165) is 22.5 Å². The first-order chi connectivity index (χ1) is 6.65. The fourth-order valence-corrected chi connectivity index (χ4v) is 3.70. The van der Waals surface area contributed by atoms with Gasteiger partial charge in [0.1, 0.15) is 0 Å². The minimum Gasteiger partial charge on any atom is -0.314 e. The van der Waals surface area contributed by atoms with Crippen LogP contribution in [0.15, 0.2) is 0 Å². The van der Waals surface area contributed by atoms with Gasteiger partial charge in [0.2, 0.25) is 0 Å². The van der Waals surface area contributed by atoms with Crippen molar-refractivity contribution in [2.24, 2.45) is 5.92 Å². The first kappa shape index (κ1) is 12.4. The molecular formula is C12H25NS. The summed E-state index contributed by atoms with van der Waals surface area (Å²) in [7, 11) is 0. The van der Waals surface area contributed by atoms with E-state index >= 15 is 0 Å². The van der Waals surface area contributed by atoms with Gasteiger partial charge < -0.3 is 5.32 Å².